The van der Waals surface area contributed by atoms with Crippen molar-refractivity contribution in [3.8, 4) is 0 Å². The highest BCUT2D eigenvalue weighted by atomic mass is 16.5. The van der Waals surface area contributed by atoms with E-state index in [1.807, 2.05) is 19.1 Å². The Hall–Kier alpha value is -2.02. The molecule has 0 aromatic carbocycles. The van der Waals surface area contributed by atoms with Crippen molar-refractivity contribution in [2.45, 2.75) is 57.5 Å². The van der Waals surface area contributed by atoms with Gasteiger partial charge in [0.15, 0.2) is 11.6 Å². The molecule has 0 spiro atoms. The molecule has 24 heavy (non-hydrogen) atoms. The van der Waals surface area contributed by atoms with E-state index in [9.17, 15) is 0 Å². The maximum absolute atomic E-state index is 5.43. The third-order valence-corrected chi connectivity index (χ3v) is 4.79. The van der Waals surface area contributed by atoms with Gasteiger partial charge in [0.05, 0.1) is 11.7 Å². The molecule has 0 amide bonds. The zero-order chi connectivity index (χ0) is 16.5. The Kier molecular flexibility index (Phi) is 4.18. The molecule has 0 unspecified atom stereocenters. The molecule has 1 saturated heterocycles. The van der Waals surface area contributed by atoms with Crippen molar-refractivity contribution in [3.63, 3.8) is 0 Å². The van der Waals surface area contributed by atoms with Crippen molar-refractivity contribution in [2.75, 3.05) is 18.0 Å². The smallest absolute Gasteiger partial charge is 0.243 e. The second kappa shape index (κ2) is 6.47. The van der Waals surface area contributed by atoms with Gasteiger partial charge in [-0.1, -0.05) is 5.16 Å². The molecule has 2 aromatic heterocycles. The second-order valence-corrected chi connectivity index (χ2v) is 6.97. The standard InChI is InChI=1S/C17H24N6O/c1-11-5-8-15(21-20-11)23-9-3-4-14(10-23)18-12(2)17-19-16(22-24-17)13-6-7-13/h5,8,12-14,18H,3-4,6-7,9-10H2,1-2H3/t12-,14-/m0/s1. The molecule has 1 saturated carbocycles. The topological polar surface area (TPSA) is 80.0 Å². The van der Waals surface area contributed by atoms with Crippen LogP contribution in [0.15, 0.2) is 16.7 Å². The molecule has 1 aliphatic heterocycles. The normalized spacial score (nSPS) is 22.6. The molecule has 2 atom stereocenters. The minimum absolute atomic E-state index is 0.0686. The maximum atomic E-state index is 5.43. The van der Waals surface area contributed by atoms with E-state index < -0.39 is 0 Å². The number of nitrogens with one attached hydrogen (secondary N) is 1. The lowest BCUT2D eigenvalue weighted by atomic mass is 10.0. The summed E-state index contributed by atoms with van der Waals surface area (Å²) < 4.78 is 5.43. The van der Waals surface area contributed by atoms with Crippen LogP contribution in [0.5, 0.6) is 0 Å². The molecule has 2 fully saturated rings. The molecule has 7 heteroatoms. The average molecular weight is 328 g/mol. The fourth-order valence-corrected chi connectivity index (χ4v) is 3.24. The molecule has 7 nitrogen and oxygen atoms in total. The van der Waals surface area contributed by atoms with Gasteiger partial charge in [0.25, 0.3) is 0 Å². The summed E-state index contributed by atoms with van der Waals surface area (Å²) in [4.78, 5) is 6.84. The number of piperidine rings is 1. The molecular formula is C17H24N6O. The Labute approximate surface area is 141 Å². The van der Waals surface area contributed by atoms with Gasteiger partial charge in [-0.3, -0.25) is 0 Å². The number of hydrogen-bond donors (Lipinski definition) is 1. The average Bonchev–Trinajstić information content (AvgIpc) is 3.32. The first-order valence-electron chi connectivity index (χ1n) is 8.84. The van der Waals surface area contributed by atoms with Crippen LogP contribution in [0, 0.1) is 6.92 Å². The molecule has 2 aliphatic rings. The summed E-state index contributed by atoms with van der Waals surface area (Å²) in [6, 6.07) is 4.51. The van der Waals surface area contributed by atoms with E-state index in [0.717, 1.165) is 43.3 Å². The SMILES string of the molecule is Cc1ccc(N2CCC[C@H](N[C@@H](C)c3nc(C4CC4)no3)C2)nn1. The molecule has 1 N–H and O–H groups in total. The van der Waals surface area contributed by atoms with E-state index in [4.69, 9.17) is 4.52 Å². The summed E-state index contributed by atoms with van der Waals surface area (Å²) in [6.45, 7) is 6.00. The van der Waals surface area contributed by atoms with Gasteiger partial charge in [-0.05, 0) is 51.7 Å². The van der Waals surface area contributed by atoms with Crippen LogP contribution in [0.2, 0.25) is 0 Å². The van der Waals surface area contributed by atoms with Gasteiger partial charge in [0.1, 0.15) is 0 Å². The third kappa shape index (κ3) is 3.40. The Morgan fingerprint density at radius 3 is 2.88 bits per heavy atom. The molecule has 2 aromatic rings. The number of nitrogens with zero attached hydrogens (tertiary/aromatic N) is 5. The van der Waals surface area contributed by atoms with Crippen molar-refractivity contribution in [3.05, 3.63) is 29.5 Å². The summed E-state index contributed by atoms with van der Waals surface area (Å²) in [5.41, 5.74) is 0.946. The van der Waals surface area contributed by atoms with Crippen molar-refractivity contribution < 1.29 is 4.52 Å². The van der Waals surface area contributed by atoms with E-state index in [1.54, 1.807) is 0 Å². The Morgan fingerprint density at radius 2 is 2.12 bits per heavy atom. The van der Waals surface area contributed by atoms with Crippen LogP contribution in [0.4, 0.5) is 5.82 Å². The summed E-state index contributed by atoms with van der Waals surface area (Å²) in [5, 5.41) is 16.2. The van der Waals surface area contributed by atoms with E-state index in [1.165, 1.54) is 12.8 Å². The highest BCUT2D eigenvalue weighted by molar-refractivity contribution is 5.38. The maximum Gasteiger partial charge on any atom is 0.243 e. The summed E-state index contributed by atoms with van der Waals surface area (Å²) in [6.07, 6.45) is 4.66. The number of hydrogen-bond acceptors (Lipinski definition) is 7. The zero-order valence-electron chi connectivity index (χ0n) is 14.3. The van der Waals surface area contributed by atoms with Gasteiger partial charge in [0, 0.05) is 25.0 Å². The zero-order valence-corrected chi connectivity index (χ0v) is 14.3. The Bertz CT molecular complexity index is 681. The van der Waals surface area contributed by atoms with E-state index in [2.05, 4.69) is 37.5 Å². The van der Waals surface area contributed by atoms with Gasteiger partial charge in [-0.2, -0.15) is 10.1 Å². The lowest BCUT2D eigenvalue weighted by Crippen LogP contribution is -2.46. The molecule has 4 rings (SSSR count). The predicted molar refractivity (Wildman–Crippen MR) is 89.8 cm³/mol. The first-order valence-corrected chi connectivity index (χ1v) is 8.84. The fourth-order valence-electron chi connectivity index (χ4n) is 3.24. The summed E-state index contributed by atoms with van der Waals surface area (Å²) >= 11 is 0. The summed E-state index contributed by atoms with van der Waals surface area (Å²) in [5.74, 6) is 3.05. The van der Waals surface area contributed by atoms with Gasteiger partial charge >= 0.3 is 0 Å². The Morgan fingerprint density at radius 1 is 1.25 bits per heavy atom. The highest BCUT2D eigenvalue weighted by Crippen LogP contribution is 2.38. The first-order chi connectivity index (χ1) is 11.7. The minimum atomic E-state index is 0.0686. The molecule has 1 aliphatic carbocycles. The number of aromatic nitrogens is 4. The molecule has 0 radical (unpaired) electrons. The van der Waals surface area contributed by atoms with Gasteiger partial charge in [-0.25, -0.2) is 0 Å². The molecular weight excluding hydrogens is 304 g/mol. The van der Waals surface area contributed by atoms with Crippen molar-refractivity contribution in [1.82, 2.24) is 25.7 Å². The Balaban J connectivity index is 1.37. The summed E-state index contributed by atoms with van der Waals surface area (Å²) in [7, 11) is 0. The van der Waals surface area contributed by atoms with Crippen LogP contribution in [0.25, 0.3) is 0 Å². The second-order valence-electron chi connectivity index (χ2n) is 6.97. The van der Waals surface area contributed by atoms with Crippen LogP contribution in [0.1, 0.15) is 62.0 Å². The highest BCUT2D eigenvalue weighted by Gasteiger charge is 2.30. The molecule has 0 bridgehead atoms. The van der Waals surface area contributed by atoms with Crippen molar-refractivity contribution in [2.24, 2.45) is 0 Å². The number of aryl methyl sites for hydroxylation is 1. The van der Waals surface area contributed by atoms with Gasteiger partial charge in [0.2, 0.25) is 5.89 Å². The molecule has 3 heterocycles. The van der Waals surface area contributed by atoms with Crippen LogP contribution in [-0.2, 0) is 0 Å². The van der Waals surface area contributed by atoms with Crippen molar-refractivity contribution >= 4 is 5.82 Å². The predicted octanol–water partition coefficient (Wildman–Crippen LogP) is 2.37. The van der Waals surface area contributed by atoms with Crippen molar-refractivity contribution in [1.29, 1.82) is 0 Å². The molecule has 128 valence electrons. The minimum Gasteiger partial charge on any atom is -0.354 e. The number of rotatable bonds is 5. The first kappa shape index (κ1) is 15.5. The van der Waals surface area contributed by atoms with Crippen LogP contribution >= 0.6 is 0 Å². The van der Waals surface area contributed by atoms with E-state index >= 15 is 0 Å². The van der Waals surface area contributed by atoms with Crippen LogP contribution in [0.3, 0.4) is 0 Å². The number of anilines is 1. The van der Waals surface area contributed by atoms with Gasteiger partial charge < -0.3 is 14.7 Å². The quantitative estimate of drug-likeness (QED) is 0.902. The lowest BCUT2D eigenvalue weighted by molar-refractivity contribution is 0.307. The largest absolute Gasteiger partial charge is 0.354 e. The van der Waals surface area contributed by atoms with Crippen LogP contribution in [-0.4, -0.2) is 39.5 Å². The third-order valence-electron chi connectivity index (χ3n) is 4.79. The van der Waals surface area contributed by atoms with Crippen LogP contribution < -0.4 is 10.2 Å². The van der Waals surface area contributed by atoms with Gasteiger partial charge in [-0.15, -0.1) is 5.10 Å². The lowest BCUT2D eigenvalue weighted by Gasteiger charge is -2.34. The fraction of sp³-hybridized carbons (Fsp3) is 0.647. The van der Waals surface area contributed by atoms with E-state index in [-0.39, 0.29) is 6.04 Å². The van der Waals surface area contributed by atoms with E-state index in [0.29, 0.717) is 17.9 Å². The monoisotopic (exact) mass is 328 g/mol.